The molecule has 1 amide bonds. The summed E-state index contributed by atoms with van der Waals surface area (Å²) in [5.41, 5.74) is 2.66. The molecule has 1 aromatic carbocycles. The lowest BCUT2D eigenvalue weighted by Gasteiger charge is -2.47. The van der Waals surface area contributed by atoms with Crippen molar-refractivity contribution >= 4 is 12.0 Å². The maximum atomic E-state index is 13.5. The van der Waals surface area contributed by atoms with Gasteiger partial charge in [-0.2, -0.15) is 0 Å². The third kappa shape index (κ3) is 3.57. The number of allylic oxidation sites excluding steroid dienone is 1. The largest absolute Gasteiger partial charge is 0.353 e. The number of amides is 1. The van der Waals surface area contributed by atoms with Gasteiger partial charge in [0.05, 0.1) is 5.69 Å². The van der Waals surface area contributed by atoms with Crippen molar-refractivity contribution in [3.05, 3.63) is 60.2 Å². The Kier molecular flexibility index (Phi) is 5.18. The summed E-state index contributed by atoms with van der Waals surface area (Å²) in [4.78, 5) is 17.0. The lowest BCUT2D eigenvalue weighted by Crippen LogP contribution is -2.45. The standard InChI is InChI=1S/C26H29FN2O/c1-16-25-23(22-8-3-2-5-18(22)14-24(25)29-26(16)30)12-11-21-10-9-19(15-28-21)17-6-4-7-20(27)13-17/h4,6-7,9-13,15-16,18,22-25H,2-3,5,8,14H2,1H3,(H,29,30)/b12-11+. The van der Waals surface area contributed by atoms with E-state index in [1.165, 1.54) is 37.8 Å². The van der Waals surface area contributed by atoms with Crippen LogP contribution in [0.5, 0.6) is 0 Å². The van der Waals surface area contributed by atoms with Gasteiger partial charge in [-0.3, -0.25) is 9.78 Å². The summed E-state index contributed by atoms with van der Waals surface area (Å²) in [5, 5.41) is 3.28. The number of halogens is 1. The van der Waals surface area contributed by atoms with Gasteiger partial charge in [-0.15, -0.1) is 0 Å². The third-order valence-electron chi connectivity index (χ3n) is 7.68. The minimum absolute atomic E-state index is 0.0795. The highest BCUT2D eigenvalue weighted by Crippen LogP contribution is 2.51. The summed E-state index contributed by atoms with van der Waals surface area (Å²) in [6.45, 7) is 2.09. The first kappa shape index (κ1) is 19.5. The molecule has 6 atom stereocenters. The summed E-state index contributed by atoms with van der Waals surface area (Å²) in [7, 11) is 0. The Morgan fingerprint density at radius 2 is 2.00 bits per heavy atom. The minimum Gasteiger partial charge on any atom is -0.353 e. The third-order valence-corrected chi connectivity index (χ3v) is 7.68. The van der Waals surface area contributed by atoms with Crippen molar-refractivity contribution in [2.24, 2.45) is 29.6 Å². The topological polar surface area (TPSA) is 42.0 Å². The maximum Gasteiger partial charge on any atom is 0.223 e. The van der Waals surface area contributed by atoms with Gasteiger partial charge in [-0.05, 0) is 66.4 Å². The number of nitrogens with zero attached hydrogens (tertiary/aromatic N) is 1. The molecule has 3 fully saturated rings. The number of rotatable bonds is 3. The smallest absolute Gasteiger partial charge is 0.223 e. The molecule has 3 aliphatic rings. The molecule has 2 saturated carbocycles. The number of carbonyl (C=O) groups excluding carboxylic acids is 1. The van der Waals surface area contributed by atoms with Gasteiger partial charge in [-0.1, -0.05) is 50.5 Å². The van der Waals surface area contributed by atoms with E-state index in [-0.39, 0.29) is 17.6 Å². The lowest BCUT2D eigenvalue weighted by atomic mass is 9.58. The van der Waals surface area contributed by atoms with Crippen LogP contribution in [-0.2, 0) is 4.79 Å². The van der Waals surface area contributed by atoms with Gasteiger partial charge >= 0.3 is 0 Å². The predicted molar refractivity (Wildman–Crippen MR) is 117 cm³/mol. The van der Waals surface area contributed by atoms with Gasteiger partial charge < -0.3 is 5.32 Å². The summed E-state index contributed by atoms with van der Waals surface area (Å²) in [6, 6.07) is 10.9. The number of fused-ring (bicyclic) bond motifs is 2. The first-order valence-electron chi connectivity index (χ1n) is 11.3. The number of pyridine rings is 1. The number of nitrogens with one attached hydrogen (secondary N) is 1. The Morgan fingerprint density at radius 1 is 1.13 bits per heavy atom. The fourth-order valence-electron chi connectivity index (χ4n) is 6.22. The monoisotopic (exact) mass is 404 g/mol. The molecule has 2 aliphatic carbocycles. The van der Waals surface area contributed by atoms with Crippen molar-refractivity contribution in [3.8, 4) is 11.1 Å². The van der Waals surface area contributed by atoms with Crippen LogP contribution in [0.2, 0.25) is 0 Å². The summed E-state index contributed by atoms with van der Waals surface area (Å²) >= 11 is 0. The van der Waals surface area contributed by atoms with E-state index in [1.807, 2.05) is 24.4 Å². The van der Waals surface area contributed by atoms with Gasteiger partial charge in [-0.25, -0.2) is 4.39 Å². The molecule has 2 heterocycles. The summed E-state index contributed by atoms with van der Waals surface area (Å²) < 4.78 is 13.5. The van der Waals surface area contributed by atoms with Crippen LogP contribution in [0.1, 0.15) is 44.7 Å². The van der Waals surface area contributed by atoms with E-state index >= 15 is 0 Å². The highest BCUT2D eigenvalue weighted by molar-refractivity contribution is 5.81. The maximum absolute atomic E-state index is 13.5. The second-order valence-electron chi connectivity index (χ2n) is 9.34. The molecule has 1 N–H and O–H groups in total. The second kappa shape index (κ2) is 7.98. The van der Waals surface area contributed by atoms with Crippen LogP contribution in [0.3, 0.4) is 0 Å². The van der Waals surface area contributed by atoms with Gasteiger partial charge in [0.25, 0.3) is 0 Å². The first-order chi connectivity index (χ1) is 14.6. The van der Waals surface area contributed by atoms with Crippen molar-refractivity contribution in [1.29, 1.82) is 0 Å². The molecule has 4 heteroatoms. The molecule has 6 unspecified atom stereocenters. The Balaban J connectivity index is 1.39. The lowest BCUT2D eigenvalue weighted by molar-refractivity contribution is -0.122. The van der Waals surface area contributed by atoms with Crippen LogP contribution < -0.4 is 5.32 Å². The Labute approximate surface area is 177 Å². The Hall–Kier alpha value is -2.49. The minimum atomic E-state index is -0.237. The molecule has 3 nitrogen and oxygen atoms in total. The molecular formula is C26H29FN2O. The molecule has 0 radical (unpaired) electrons. The zero-order valence-corrected chi connectivity index (χ0v) is 17.4. The molecule has 0 bridgehead atoms. The van der Waals surface area contributed by atoms with Crippen LogP contribution in [0.25, 0.3) is 17.2 Å². The molecule has 2 aromatic rings. The van der Waals surface area contributed by atoms with E-state index in [0.29, 0.717) is 23.8 Å². The van der Waals surface area contributed by atoms with E-state index in [2.05, 4.69) is 29.4 Å². The number of benzene rings is 1. The molecule has 1 aliphatic heterocycles. The predicted octanol–water partition coefficient (Wildman–Crippen LogP) is 5.48. The molecule has 30 heavy (non-hydrogen) atoms. The zero-order chi connectivity index (χ0) is 20.7. The van der Waals surface area contributed by atoms with Crippen molar-refractivity contribution in [3.63, 3.8) is 0 Å². The van der Waals surface area contributed by atoms with Gasteiger partial charge in [0, 0.05) is 23.7 Å². The van der Waals surface area contributed by atoms with E-state index in [1.54, 1.807) is 6.07 Å². The molecular weight excluding hydrogens is 375 g/mol. The van der Waals surface area contributed by atoms with Crippen LogP contribution in [0.4, 0.5) is 4.39 Å². The highest BCUT2D eigenvalue weighted by atomic mass is 19.1. The quantitative estimate of drug-likeness (QED) is 0.736. The summed E-state index contributed by atoms with van der Waals surface area (Å²) in [5.74, 6) is 2.28. The van der Waals surface area contributed by atoms with Crippen molar-refractivity contribution < 1.29 is 9.18 Å². The number of carbonyl (C=O) groups is 1. The number of hydrogen-bond donors (Lipinski definition) is 1. The van der Waals surface area contributed by atoms with E-state index in [9.17, 15) is 9.18 Å². The molecule has 1 aromatic heterocycles. The highest BCUT2D eigenvalue weighted by Gasteiger charge is 2.51. The molecule has 5 rings (SSSR count). The SMILES string of the molecule is CC1C(=O)NC2CC3CCCCC3C(/C=C/c3ccc(-c4cccc(F)c4)cn3)C21. The van der Waals surface area contributed by atoms with Crippen LogP contribution in [-0.4, -0.2) is 16.9 Å². The normalized spacial score (nSPS) is 33.2. The Morgan fingerprint density at radius 3 is 2.80 bits per heavy atom. The first-order valence-corrected chi connectivity index (χ1v) is 11.3. The number of aromatic nitrogens is 1. The Bertz CT molecular complexity index is 954. The van der Waals surface area contributed by atoms with Crippen molar-refractivity contribution in [1.82, 2.24) is 10.3 Å². The number of hydrogen-bond acceptors (Lipinski definition) is 2. The van der Waals surface area contributed by atoms with Crippen molar-refractivity contribution in [2.45, 2.75) is 45.1 Å². The average molecular weight is 405 g/mol. The average Bonchev–Trinajstić information content (AvgIpc) is 3.05. The fraction of sp³-hybridized carbons (Fsp3) is 0.462. The fourth-order valence-corrected chi connectivity index (χ4v) is 6.22. The molecule has 1 saturated heterocycles. The van der Waals surface area contributed by atoms with Crippen molar-refractivity contribution in [2.75, 3.05) is 0 Å². The van der Waals surface area contributed by atoms with Gasteiger partial charge in [0.1, 0.15) is 5.82 Å². The summed E-state index contributed by atoms with van der Waals surface area (Å²) in [6.07, 6.45) is 12.6. The van der Waals surface area contributed by atoms with E-state index in [4.69, 9.17) is 0 Å². The van der Waals surface area contributed by atoms with Crippen LogP contribution >= 0.6 is 0 Å². The van der Waals surface area contributed by atoms with Crippen LogP contribution in [0, 0.1) is 35.4 Å². The molecule has 0 spiro atoms. The second-order valence-corrected chi connectivity index (χ2v) is 9.34. The van der Waals surface area contributed by atoms with Gasteiger partial charge in [0.15, 0.2) is 0 Å². The van der Waals surface area contributed by atoms with E-state index in [0.717, 1.165) is 29.2 Å². The zero-order valence-electron chi connectivity index (χ0n) is 17.4. The van der Waals surface area contributed by atoms with Gasteiger partial charge in [0.2, 0.25) is 5.91 Å². The molecule has 156 valence electrons. The van der Waals surface area contributed by atoms with E-state index < -0.39 is 0 Å². The van der Waals surface area contributed by atoms with Crippen LogP contribution in [0.15, 0.2) is 48.7 Å².